The van der Waals surface area contributed by atoms with Crippen LogP contribution in [-0.2, 0) is 10.0 Å². The van der Waals surface area contributed by atoms with Crippen molar-refractivity contribution in [2.45, 2.75) is 41.9 Å². The summed E-state index contributed by atoms with van der Waals surface area (Å²) in [6.45, 7) is 0. The lowest BCUT2D eigenvalue weighted by Gasteiger charge is -2.30. The zero-order chi connectivity index (χ0) is 14.6. The number of nitrogens with zero attached hydrogens (tertiary/aromatic N) is 1. The number of nitrogen functional groups attached to an aromatic ring is 1. The molecule has 0 aromatic carbocycles. The van der Waals surface area contributed by atoms with E-state index in [9.17, 15) is 8.42 Å². The van der Waals surface area contributed by atoms with Gasteiger partial charge in [-0.2, -0.15) is 11.8 Å². The van der Waals surface area contributed by atoms with Gasteiger partial charge >= 0.3 is 0 Å². The van der Waals surface area contributed by atoms with Crippen LogP contribution < -0.4 is 16.0 Å². The summed E-state index contributed by atoms with van der Waals surface area (Å²) in [6.07, 6.45) is 7.65. The number of nitrogens with two attached hydrogens (primary N) is 1. The Hall–Kier alpha value is -0.830. The predicted molar refractivity (Wildman–Crippen MR) is 81.9 cm³/mol. The molecule has 1 aromatic heterocycles. The molecule has 0 bridgehead atoms. The molecule has 1 fully saturated rings. The number of hydrogen-bond acceptors (Lipinski definition) is 6. The van der Waals surface area contributed by atoms with Crippen molar-refractivity contribution in [1.29, 1.82) is 0 Å². The molecule has 1 aromatic rings. The van der Waals surface area contributed by atoms with Crippen LogP contribution in [0.1, 0.15) is 25.7 Å². The molecule has 0 amide bonds. The van der Waals surface area contributed by atoms with E-state index in [1.165, 1.54) is 12.3 Å². The fourth-order valence-corrected chi connectivity index (χ4v) is 4.95. The second-order valence-corrected chi connectivity index (χ2v) is 7.54. The molecule has 1 saturated carbocycles. The lowest BCUT2D eigenvalue weighted by atomic mass is 9.96. The van der Waals surface area contributed by atoms with E-state index in [2.05, 4.69) is 15.1 Å². The Bertz CT molecular complexity index is 550. The molecule has 0 saturated heterocycles. The summed E-state index contributed by atoms with van der Waals surface area (Å²) in [4.78, 5) is 4.03. The summed E-state index contributed by atoms with van der Waals surface area (Å²) in [5, 5.41) is 0.324. The maximum Gasteiger partial charge on any atom is 0.244 e. The molecule has 0 radical (unpaired) electrons. The molecular formula is C12H20N4O2S2. The molecule has 0 spiro atoms. The van der Waals surface area contributed by atoms with Gasteiger partial charge in [0.15, 0.2) is 5.82 Å². The van der Waals surface area contributed by atoms with Crippen molar-refractivity contribution in [3.8, 4) is 0 Å². The van der Waals surface area contributed by atoms with Crippen LogP contribution >= 0.6 is 11.8 Å². The van der Waals surface area contributed by atoms with Crippen molar-refractivity contribution in [3.05, 3.63) is 18.3 Å². The summed E-state index contributed by atoms with van der Waals surface area (Å²) >= 11 is 1.72. The summed E-state index contributed by atoms with van der Waals surface area (Å²) < 4.78 is 27.8. The minimum absolute atomic E-state index is 0.0328. The zero-order valence-corrected chi connectivity index (χ0v) is 13.0. The number of sulfonamides is 1. The Balaban J connectivity index is 2.22. The molecule has 8 heteroatoms. The van der Waals surface area contributed by atoms with Gasteiger partial charge in [0.2, 0.25) is 10.0 Å². The normalized spacial score (nSPS) is 23.5. The van der Waals surface area contributed by atoms with Gasteiger partial charge in [0.1, 0.15) is 4.90 Å². The highest BCUT2D eigenvalue weighted by Crippen LogP contribution is 2.29. The lowest BCUT2D eigenvalue weighted by Crippen LogP contribution is -2.43. The SMILES string of the molecule is CSC1CCCCC1NS(=O)(=O)c1cccnc1NN. The van der Waals surface area contributed by atoms with E-state index >= 15 is 0 Å². The third kappa shape index (κ3) is 3.43. The topological polar surface area (TPSA) is 97.1 Å². The van der Waals surface area contributed by atoms with Gasteiger partial charge < -0.3 is 5.43 Å². The molecule has 6 nitrogen and oxygen atoms in total. The number of nitrogens with one attached hydrogen (secondary N) is 2. The van der Waals surface area contributed by atoms with Crippen molar-refractivity contribution in [3.63, 3.8) is 0 Å². The summed E-state index contributed by atoms with van der Waals surface area (Å²) in [6, 6.07) is 3.05. The lowest BCUT2D eigenvalue weighted by molar-refractivity contribution is 0.423. The van der Waals surface area contributed by atoms with E-state index in [1.807, 2.05) is 6.26 Å². The Labute approximate surface area is 123 Å². The van der Waals surface area contributed by atoms with Gasteiger partial charge in [-0.3, -0.25) is 0 Å². The molecule has 1 aliphatic carbocycles. The maximum absolute atomic E-state index is 12.5. The number of pyridine rings is 1. The van der Waals surface area contributed by atoms with Crippen LogP contribution in [-0.4, -0.2) is 30.9 Å². The fourth-order valence-electron chi connectivity index (χ4n) is 2.49. The third-order valence-electron chi connectivity index (χ3n) is 3.51. The minimum atomic E-state index is -3.61. The first-order chi connectivity index (χ1) is 9.58. The molecule has 2 unspecified atom stereocenters. The Morgan fingerprint density at radius 3 is 2.85 bits per heavy atom. The van der Waals surface area contributed by atoms with Gasteiger partial charge in [0, 0.05) is 17.5 Å². The Morgan fingerprint density at radius 2 is 2.15 bits per heavy atom. The van der Waals surface area contributed by atoms with Crippen LogP contribution in [0.2, 0.25) is 0 Å². The van der Waals surface area contributed by atoms with Crippen molar-refractivity contribution in [2.75, 3.05) is 11.7 Å². The van der Waals surface area contributed by atoms with Gasteiger partial charge in [-0.05, 0) is 31.2 Å². The van der Waals surface area contributed by atoms with E-state index < -0.39 is 10.0 Å². The molecule has 1 aliphatic rings. The van der Waals surface area contributed by atoms with Crippen molar-refractivity contribution < 1.29 is 8.42 Å². The predicted octanol–water partition coefficient (Wildman–Crippen LogP) is 1.32. The van der Waals surface area contributed by atoms with Gasteiger partial charge in [-0.25, -0.2) is 24.0 Å². The Morgan fingerprint density at radius 1 is 1.40 bits per heavy atom. The van der Waals surface area contributed by atoms with Crippen molar-refractivity contribution in [2.24, 2.45) is 5.84 Å². The van der Waals surface area contributed by atoms with E-state index in [4.69, 9.17) is 5.84 Å². The first-order valence-corrected chi connectivity index (χ1v) is 9.32. The number of rotatable bonds is 5. The molecule has 2 rings (SSSR count). The second-order valence-electron chi connectivity index (χ2n) is 4.78. The number of aromatic nitrogens is 1. The zero-order valence-electron chi connectivity index (χ0n) is 11.4. The highest BCUT2D eigenvalue weighted by molar-refractivity contribution is 7.99. The van der Waals surface area contributed by atoms with Gasteiger partial charge in [-0.1, -0.05) is 12.8 Å². The van der Waals surface area contributed by atoms with Crippen LogP contribution in [0.5, 0.6) is 0 Å². The van der Waals surface area contributed by atoms with Gasteiger partial charge in [0.05, 0.1) is 0 Å². The number of hydrazine groups is 1. The van der Waals surface area contributed by atoms with Crippen LogP contribution in [0, 0.1) is 0 Å². The quantitative estimate of drug-likeness (QED) is 0.560. The van der Waals surface area contributed by atoms with Crippen LogP contribution in [0.4, 0.5) is 5.82 Å². The molecule has 112 valence electrons. The van der Waals surface area contributed by atoms with Crippen LogP contribution in [0.25, 0.3) is 0 Å². The highest BCUT2D eigenvalue weighted by atomic mass is 32.2. The molecular weight excluding hydrogens is 296 g/mol. The van der Waals surface area contributed by atoms with Crippen molar-refractivity contribution >= 4 is 27.6 Å². The Kier molecular flexibility index (Phi) is 5.25. The molecule has 4 N–H and O–H groups in total. The van der Waals surface area contributed by atoms with Gasteiger partial charge in [-0.15, -0.1) is 0 Å². The summed E-state index contributed by atoms with van der Waals surface area (Å²) in [5.74, 6) is 5.49. The third-order valence-corrected chi connectivity index (χ3v) is 6.20. The molecule has 1 heterocycles. The van der Waals surface area contributed by atoms with Crippen molar-refractivity contribution in [1.82, 2.24) is 9.71 Å². The number of anilines is 1. The first-order valence-electron chi connectivity index (χ1n) is 6.55. The number of hydrogen-bond donors (Lipinski definition) is 3. The monoisotopic (exact) mass is 316 g/mol. The molecule has 20 heavy (non-hydrogen) atoms. The van der Waals surface area contributed by atoms with E-state index in [-0.39, 0.29) is 16.8 Å². The highest BCUT2D eigenvalue weighted by Gasteiger charge is 2.30. The second kappa shape index (κ2) is 6.75. The smallest absolute Gasteiger partial charge is 0.244 e. The van der Waals surface area contributed by atoms with Gasteiger partial charge in [0.25, 0.3) is 0 Å². The first kappa shape index (κ1) is 15.6. The average Bonchev–Trinajstić information content (AvgIpc) is 2.47. The van der Waals surface area contributed by atoms with E-state index in [1.54, 1.807) is 17.8 Å². The molecule has 0 aliphatic heterocycles. The summed E-state index contributed by atoms with van der Waals surface area (Å²) in [5.41, 5.74) is 2.33. The fraction of sp³-hybridized carbons (Fsp3) is 0.583. The minimum Gasteiger partial charge on any atom is -0.307 e. The molecule has 2 atom stereocenters. The number of thioether (sulfide) groups is 1. The summed E-state index contributed by atoms with van der Waals surface area (Å²) in [7, 11) is -3.61. The largest absolute Gasteiger partial charge is 0.307 e. The average molecular weight is 316 g/mol. The van der Waals surface area contributed by atoms with E-state index in [0.29, 0.717) is 5.25 Å². The van der Waals surface area contributed by atoms with E-state index in [0.717, 1.165) is 25.7 Å². The maximum atomic E-state index is 12.5. The standard InChI is InChI=1S/C12H20N4O2S2/c1-19-10-6-3-2-5-9(10)16-20(17,18)11-7-4-8-14-12(11)15-13/h4,7-10,16H,2-3,5-6,13H2,1H3,(H,14,15). The van der Waals surface area contributed by atoms with Crippen LogP contribution in [0.3, 0.4) is 0 Å². The van der Waals surface area contributed by atoms with Crippen LogP contribution in [0.15, 0.2) is 23.2 Å².